The van der Waals surface area contributed by atoms with Gasteiger partial charge < -0.3 is 15.4 Å². The molecular formula is C31H35Cl2F4N8O2S+. The van der Waals surface area contributed by atoms with Crippen molar-refractivity contribution in [3.05, 3.63) is 56.0 Å². The molecule has 2 saturated heterocycles. The number of nitrogens with zero attached hydrogens (tertiary/aromatic N) is 6. The standard InChI is InChI=1S/C31H34Cl2F4N8O2S/c1-39-28(46)26-25(33)22-13-43(5-3-7-45(22)42-26)27-19-14-48-23(18-8-17(38)9-20(32)24(18)31(35,36)37)10-21(19)40-29(41-27)47-15-30-4-2-6-44(30)12-16(34)11-30/h8-9,16,23H,2-7,10-15,38H2,1H3,(H,39,46)/p+1/t16-,23?,30+/m1/s1. The summed E-state index contributed by atoms with van der Waals surface area (Å²) in [6, 6.07) is 2.54. The lowest BCUT2D eigenvalue weighted by Gasteiger charge is -2.33. The lowest BCUT2D eigenvalue weighted by Crippen LogP contribution is -2.84. The van der Waals surface area contributed by atoms with Crippen LogP contribution in [0.1, 0.15) is 69.5 Å². The maximum atomic E-state index is 14.5. The van der Waals surface area contributed by atoms with Crippen LogP contribution in [0.4, 0.5) is 29.1 Å². The number of thioether (sulfide) groups is 1. The van der Waals surface area contributed by atoms with Gasteiger partial charge in [-0.05, 0) is 43.5 Å². The minimum Gasteiger partial charge on any atom is -0.461 e. The fraction of sp³-hybridized carbons (Fsp3) is 0.548. The van der Waals surface area contributed by atoms with E-state index in [1.807, 2.05) is 4.90 Å². The Labute approximate surface area is 288 Å². The lowest BCUT2D eigenvalue weighted by molar-refractivity contribution is -0.523. The third-order valence-corrected chi connectivity index (χ3v) is 11.8. The molecule has 2 aromatic heterocycles. The molecule has 2 fully saturated rings. The number of ether oxygens (including phenoxy) is 1. The van der Waals surface area contributed by atoms with Gasteiger partial charge in [-0.3, -0.25) is 14.9 Å². The molecule has 0 bridgehead atoms. The Balaban J connectivity index is 1.27. The van der Waals surface area contributed by atoms with Crippen LogP contribution in [-0.4, -0.2) is 75.6 Å². The number of halogens is 6. The first-order valence-electron chi connectivity index (χ1n) is 15.9. The molecule has 4 aliphatic heterocycles. The third-order valence-electron chi connectivity index (χ3n) is 9.79. The number of hydrogen-bond acceptors (Lipinski definition) is 9. The minimum absolute atomic E-state index is 0.00147. The highest BCUT2D eigenvalue weighted by molar-refractivity contribution is 7.98. The Morgan fingerprint density at radius 3 is 2.79 bits per heavy atom. The van der Waals surface area contributed by atoms with Gasteiger partial charge in [0.2, 0.25) is 5.69 Å². The third kappa shape index (κ3) is 6.10. The number of fused-ring (bicyclic) bond motifs is 3. The van der Waals surface area contributed by atoms with Crippen molar-refractivity contribution in [2.24, 2.45) is 0 Å². The first kappa shape index (κ1) is 33.6. The van der Waals surface area contributed by atoms with Crippen LogP contribution in [0.2, 0.25) is 10.0 Å². The van der Waals surface area contributed by atoms with Crippen LogP contribution >= 0.6 is 35.0 Å². The van der Waals surface area contributed by atoms with Crippen molar-refractivity contribution < 1.29 is 32.4 Å². The number of rotatable bonds is 6. The summed E-state index contributed by atoms with van der Waals surface area (Å²) >= 11 is 14.2. The molecule has 1 aromatic carbocycles. The number of anilines is 2. The topological polar surface area (TPSA) is 119 Å². The van der Waals surface area contributed by atoms with Gasteiger partial charge in [-0.2, -0.15) is 28.2 Å². The summed E-state index contributed by atoms with van der Waals surface area (Å²) in [5.41, 5.74) is 6.96. The van der Waals surface area contributed by atoms with Crippen LogP contribution in [0.25, 0.3) is 0 Å². The maximum Gasteiger partial charge on any atom is 0.418 e. The quantitative estimate of drug-likeness (QED) is 0.272. The summed E-state index contributed by atoms with van der Waals surface area (Å²) in [4.78, 5) is 26.3. The van der Waals surface area contributed by atoms with E-state index in [1.165, 1.54) is 23.1 Å². The Morgan fingerprint density at radius 2 is 2.02 bits per heavy atom. The number of carbonyl (C=O) groups excluding carboxylic acids is 1. The van der Waals surface area contributed by atoms with Crippen molar-refractivity contribution in [3.8, 4) is 6.01 Å². The number of nitrogen functional groups attached to an aromatic ring is 1. The normalized spacial score (nSPS) is 24.3. The summed E-state index contributed by atoms with van der Waals surface area (Å²) < 4.78 is 65.3. The monoisotopic (exact) mass is 729 g/mol. The average Bonchev–Trinajstić information content (AvgIpc) is 3.60. The molecule has 3 atom stereocenters. The fourth-order valence-electron chi connectivity index (χ4n) is 7.56. The summed E-state index contributed by atoms with van der Waals surface area (Å²) in [6.07, 6.45) is -2.69. The van der Waals surface area contributed by atoms with Crippen LogP contribution in [0.3, 0.4) is 0 Å². The Kier molecular flexibility index (Phi) is 8.97. The fourth-order valence-corrected chi connectivity index (χ4v) is 9.50. The van der Waals surface area contributed by atoms with E-state index in [0.717, 1.165) is 31.0 Å². The van der Waals surface area contributed by atoms with Crippen molar-refractivity contribution in [1.82, 2.24) is 24.6 Å². The summed E-state index contributed by atoms with van der Waals surface area (Å²) in [6.45, 7) is 2.77. The second kappa shape index (κ2) is 12.8. The number of aromatic nitrogens is 4. The first-order chi connectivity index (χ1) is 22.9. The molecule has 6 heterocycles. The molecule has 4 aliphatic rings. The van der Waals surface area contributed by atoms with Crippen molar-refractivity contribution in [3.63, 3.8) is 0 Å². The van der Waals surface area contributed by atoms with Gasteiger partial charge in [-0.15, -0.1) is 11.8 Å². The molecule has 17 heteroatoms. The number of alkyl halides is 4. The molecule has 0 spiro atoms. The van der Waals surface area contributed by atoms with Crippen LogP contribution in [0, 0.1) is 0 Å². The summed E-state index contributed by atoms with van der Waals surface area (Å²) in [5, 5.41) is 5.08. The van der Waals surface area contributed by atoms with E-state index in [1.54, 1.807) is 11.7 Å². The number of aryl methyl sites for hydroxylation is 1. The molecule has 4 N–H and O–H groups in total. The molecule has 0 saturated carbocycles. The zero-order valence-corrected chi connectivity index (χ0v) is 28.5. The molecule has 258 valence electrons. The average molecular weight is 731 g/mol. The van der Waals surface area contributed by atoms with Gasteiger partial charge in [-0.1, -0.05) is 23.2 Å². The molecular weight excluding hydrogens is 695 g/mol. The zero-order valence-electron chi connectivity index (χ0n) is 26.1. The van der Waals surface area contributed by atoms with E-state index in [4.69, 9.17) is 43.6 Å². The number of quaternary nitrogens is 1. The highest BCUT2D eigenvalue weighted by Gasteiger charge is 2.49. The second-order valence-electron chi connectivity index (χ2n) is 12.8. The maximum absolute atomic E-state index is 14.5. The van der Waals surface area contributed by atoms with Gasteiger partial charge >= 0.3 is 18.1 Å². The molecule has 7 rings (SSSR count). The van der Waals surface area contributed by atoms with E-state index in [-0.39, 0.29) is 46.9 Å². The zero-order chi connectivity index (χ0) is 34.0. The summed E-state index contributed by atoms with van der Waals surface area (Å²) in [7, 11) is 1.63. The SMILES string of the molecule is C[NH2+]C(=O)c1nn2c(c1Cl)CN(c1nc(OC[C@@]34CCCN3C[C@H](F)C4)nc3c1CSC(c1cc(N)cc(Cl)c1C(F)(F)F)C3)CCC2. The van der Waals surface area contributed by atoms with Crippen molar-refractivity contribution >= 4 is 52.4 Å². The molecule has 1 unspecified atom stereocenters. The highest BCUT2D eigenvalue weighted by Crippen LogP contribution is 2.49. The molecule has 48 heavy (non-hydrogen) atoms. The Hall–Kier alpha value is -2.85. The van der Waals surface area contributed by atoms with Gasteiger partial charge in [0.15, 0.2) is 0 Å². The molecule has 1 amide bonds. The first-order valence-corrected chi connectivity index (χ1v) is 17.7. The number of benzene rings is 1. The van der Waals surface area contributed by atoms with Gasteiger partial charge in [0.1, 0.15) is 23.6 Å². The lowest BCUT2D eigenvalue weighted by atomic mass is 9.95. The van der Waals surface area contributed by atoms with Crippen LogP contribution in [0.5, 0.6) is 6.01 Å². The van der Waals surface area contributed by atoms with Crippen molar-refractivity contribution in [2.75, 3.05) is 43.9 Å². The number of hydrogen-bond donors (Lipinski definition) is 2. The van der Waals surface area contributed by atoms with E-state index >= 15 is 0 Å². The van der Waals surface area contributed by atoms with Gasteiger partial charge in [0.25, 0.3) is 0 Å². The van der Waals surface area contributed by atoms with Crippen molar-refractivity contribution in [2.45, 2.75) is 74.1 Å². The Morgan fingerprint density at radius 1 is 1.21 bits per heavy atom. The van der Waals surface area contributed by atoms with Crippen LogP contribution in [0.15, 0.2) is 12.1 Å². The molecule has 0 radical (unpaired) electrons. The molecule has 0 aliphatic carbocycles. The second-order valence-corrected chi connectivity index (χ2v) is 14.8. The van der Waals surface area contributed by atoms with Crippen molar-refractivity contribution in [1.29, 1.82) is 0 Å². The Bertz CT molecular complexity index is 1760. The largest absolute Gasteiger partial charge is 0.461 e. The number of amides is 1. The van der Waals surface area contributed by atoms with Gasteiger partial charge in [0, 0.05) is 54.7 Å². The van der Waals surface area contributed by atoms with Gasteiger partial charge in [0.05, 0.1) is 41.1 Å². The molecule has 3 aromatic rings. The smallest absolute Gasteiger partial charge is 0.418 e. The predicted molar refractivity (Wildman–Crippen MR) is 174 cm³/mol. The number of primary amides is 1. The van der Waals surface area contributed by atoms with E-state index in [2.05, 4.69) is 10.00 Å². The minimum atomic E-state index is -4.68. The van der Waals surface area contributed by atoms with E-state index in [0.29, 0.717) is 62.0 Å². The van der Waals surface area contributed by atoms with Crippen LogP contribution in [-0.2, 0) is 31.4 Å². The predicted octanol–water partition coefficient (Wildman–Crippen LogP) is 4.81. The van der Waals surface area contributed by atoms with Gasteiger partial charge in [-0.25, -0.2) is 9.18 Å². The van der Waals surface area contributed by atoms with E-state index in [9.17, 15) is 22.4 Å². The van der Waals surface area contributed by atoms with Crippen LogP contribution < -0.4 is 20.7 Å². The highest BCUT2D eigenvalue weighted by atomic mass is 35.5. The van der Waals surface area contributed by atoms with E-state index < -0.39 is 33.7 Å². The summed E-state index contributed by atoms with van der Waals surface area (Å²) in [5.74, 6) is 0.629. The number of carbonyl (C=O) groups is 1. The molecule has 10 nitrogen and oxygen atoms in total. The number of nitrogens with two attached hydrogens (primary N) is 2.